The van der Waals surface area contributed by atoms with Gasteiger partial charge in [-0.1, -0.05) is 42.1 Å². The number of aliphatic carboxylic acids is 1. The van der Waals surface area contributed by atoms with Crippen molar-refractivity contribution in [1.29, 1.82) is 0 Å². The van der Waals surface area contributed by atoms with Gasteiger partial charge in [0.25, 0.3) is 0 Å². The van der Waals surface area contributed by atoms with Crippen molar-refractivity contribution < 1.29 is 9.90 Å². The van der Waals surface area contributed by atoms with Gasteiger partial charge in [-0.05, 0) is 29.8 Å². The third kappa shape index (κ3) is 3.75. The number of rotatable bonds is 6. The molecule has 6 nitrogen and oxygen atoms in total. The molecule has 2 aromatic carbocycles. The maximum atomic E-state index is 10.9. The molecule has 3 rings (SSSR count). The van der Waals surface area contributed by atoms with Crippen LogP contribution in [0.4, 0.5) is 5.69 Å². The minimum Gasteiger partial charge on any atom is -0.481 e. The van der Waals surface area contributed by atoms with Crippen LogP contribution in [0.5, 0.6) is 0 Å². The minimum absolute atomic E-state index is 0.0609. The Morgan fingerprint density at radius 3 is 2.46 bits per heavy atom. The van der Waals surface area contributed by atoms with Crippen LogP contribution in [0.1, 0.15) is 5.56 Å². The number of hydrogen-bond donors (Lipinski definition) is 2. The van der Waals surface area contributed by atoms with Gasteiger partial charge in [0.05, 0.1) is 12.3 Å². The van der Waals surface area contributed by atoms with Gasteiger partial charge in [-0.3, -0.25) is 9.36 Å². The van der Waals surface area contributed by atoms with Crippen molar-refractivity contribution in [3.05, 3.63) is 60.2 Å². The number of carboxylic acids is 1. The third-order valence-corrected chi connectivity index (χ3v) is 4.35. The lowest BCUT2D eigenvalue weighted by atomic mass is 10.2. The molecule has 0 aliphatic heterocycles. The highest BCUT2D eigenvalue weighted by Gasteiger charge is 2.15. The van der Waals surface area contributed by atoms with Crippen molar-refractivity contribution >= 4 is 23.4 Å². The largest absolute Gasteiger partial charge is 0.481 e. The van der Waals surface area contributed by atoms with Crippen LogP contribution in [0.3, 0.4) is 0 Å². The second kappa shape index (κ2) is 7.18. The summed E-state index contributed by atoms with van der Waals surface area (Å²) in [5, 5.41) is 17.9. The summed E-state index contributed by atoms with van der Waals surface area (Å²) in [6.07, 6.45) is 0. The van der Waals surface area contributed by atoms with Crippen LogP contribution in [0.25, 0.3) is 11.4 Å². The summed E-state index contributed by atoms with van der Waals surface area (Å²) < 4.78 is 1.93. The molecule has 7 heteroatoms. The summed E-state index contributed by atoms with van der Waals surface area (Å²) >= 11 is 1.16. The lowest BCUT2D eigenvalue weighted by molar-refractivity contribution is -0.133. The lowest BCUT2D eigenvalue weighted by Gasteiger charge is -2.10. The second-order valence-electron chi connectivity index (χ2n) is 5.18. The normalized spacial score (nSPS) is 10.7. The number of anilines is 1. The van der Waals surface area contributed by atoms with Gasteiger partial charge >= 0.3 is 5.97 Å². The SMILES string of the molecule is Nc1ccc(-c2nnc(SCC(=O)O)n2Cc2ccccc2)cc1. The molecule has 0 fully saturated rings. The molecule has 0 saturated carbocycles. The predicted molar refractivity (Wildman–Crippen MR) is 93.8 cm³/mol. The Hall–Kier alpha value is -2.80. The Morgan fingerprint density at radius 1 is 1.08 bits per heavy atom. The van der Waals surface area contributed by atoms with Crippen LogP contribution >= 0.6 is 11.8 Å². The summed E-state index contributed by atoms with van der Waals surface area (Å²) in [7, 11) is 0. The molecular weight excluding hydrogens is 324 g/mol. The van der Waals surface area contributed by atoms with E-state index < -0.39 is 5.97 Å². The molecule has 3 aromatic rings. The van der Waals surface area contributed by atoms with Crippen LogP contribution in [0.15, 0.2) is 59.8 Å². The molecule has 0 aliphatic carbocycles. The Kier molecular flexibility index (Phi) is 4.81. The van der Waals surface area contributed by atoms with Crippen LogP contribution in [-0.4, -0.2) is 31.6 Å². The van der Waals surface area contributed by atoms with Crippen molar-refractivity contribution in [2.24, 2.45) is 0 Å². The first-order valence-electron chi connectivity index (χ1n) is 7.31. The Bertz CT molecular complexity index is 832. The van der Waals surface area contributed by atoms with Crippen molar-refractivity contribution in [3.8, 4) is 11.4 Å². The van der Waals surface area contributed by atoms with Crippen LogP contribution in [0, 0.1) is 0 Å². The quantitative estimate of drug-likeness (QED) is 0.529. The maximum Gasteiger partial charge on any atom is 0.313 e. The summed E-state index contributed by atoms with van der Waals surface area (Å²) in [5.74, 6) is -0.260. The molecule has 0 saturated heterocycles. The van der Waals surface area contributed by atoms with Crippen molar-refractivity contribution in [3.63, 3.8) is 0 Å². The third-order valence-electron chi connectivity index (χ3n) is 3.39. The zero-order chi connectivity index (χ0) is 16.9. The molecule has 0 radical (unpaired) electrons. The molecule has 0 spiro atoms. The molecule has 0 amide bonds. The first-order valence-corrected chi connectivity index (χ1v) is 8.29. The molecular formula is C17H16N4O2S. The Labute approximate surface area is 143 Å². The molecule has 0 aliphatic rings. The number of nitrogen functional groups attached to an aromatic ring is 1. The van der Waals surface area contributed by atoms with Gasteiger partial charge in [-0.2, -0.15) is 0 Å². The van der Waals surface area contributed by atoms with Crippen LogP contribution in [-0.2, 0) is 11.3 Å². The van der Waals surface area contributed by atoms with Gasteiger partial charge in [0.1, 0.15) is 0 Å². The van der Waals surface area contributed by atoms with Gasteiger partial charge in [-0.15, -0.1) is 10.2 Å². The van der Waals surface area contributed by atoms with Crippen LogP contribution < -0.4 is 5.73 Å². The van der Waals surface area contributed by atoms with E-state index in [9.17, 15) is 4.79 Å². The zero-order valence-corrected chi connectivity index (χ0v) is 13.6. The fourth-order valence-corrected chi connectivity index (χ4v) is 2.93. The molecule has 1 heterocycles. The Balaban J connectivity index is 1.98. The second-order valence-corrected chi connectivity index (χ2v) is 6.12. The van der Waals surface area contributed by atoms with E-state index in [-0.39, 0.29) is 5.75 Å². The predicted octanol–water partition coefficient (Wildman–Crippen LogP) is 2.75. The number of carboxylic acid groups (broad SMARTS) is 1. The molecule has 1 aromatic heterocycles. The van der Waals surface area contributed by atoms with E-state index in [1.165, 1.54) is 0 Å². The number of hydrogen-bond acceptors (Lipinski definition) is 5. The maximum absolute atomic E-state index is 10.9. The lowest BCUT2D eigenvalue weighted by Crippen LogP contribution is -2.06. The van der Waals surface area contributed by atoms with E-state index in [1.54, 1.807) is 12.1 Å². The van der Waals surface area contributed by atoms with E-state index in [1.807, 2.05) is 47.0 Å². The highest BCUT2D eigenvalue weighted by molar-refractivity contribution is 7.99. The molecule has 24 heavy (non-hydrogen) atoms. The van der Waals surface area contributed by atoms with E-state index in [2.05, 4.69) is 10.2 Å². The van der Waals surface area contributed by atoms with Gasteiger partial charge < -0.3 is 10.8 Å². The van der Waals surface area contributed by atoms with Crippen LogP contribution in [0.2, 0.25) is 0 Å². The fourth-order valence-electron chi connectivity index (χ4n) is 2.28. The minimum atomic E-state index is -0.886. The summed E-state index contributed by atoms with van der Waals surface area (Å²) in [6, 6.07) is 17.3. The standard InChI is InChI=1S/C17H16N4O2S/c18-14-8-6-13(7-9-14)16-19-20-17(24-11-15(22)23)21(16)10-12-4-2-1-3-5-12/h1-9H,10-11,18H2,(H,22,23). The van der Waals surface area contributed by atoms with Crippen molar-refractivity contribution in [1.82, 2.24) is 14.8 Å². The van der Waals surface area contributed by atoms with E-state index >= 15 is 0 Å². The monoisotopic (exact) mass is 340 g/mol. The van der Waals surface area contributed by atoms with E-state index in [4.69, 9.17) is 10.8 Å². The van der Waals surface area contributed by atoms with Gasteiger partial charge in [-0.25, -0.2) is 0 Å². The molecule has 0 atom stereocenters. The van der Waals surface area contributed by atoms with Gasteiger partial charge in [0.15, 0.2) is 11.0 Å². The first-order chi connectivity index (χ1) is 11.6. The summed E-state index contributed by atoms with van der Waals surface area (Å²) in [5.41, 5.74) is 8.39. The molecule has 0 bridgehead atoms. The van der Waals surface area contributed by atoms with Gasteiger partial charge in [0.2, 0.25) is 0 Å². The van der Waals surface area contributed by atoms with E-state index in [0.29, 0.717) is 23.2 Å². The Morgan fingerprint density at radius 2 is 1.79 bits per heavy atom. The van der Waals surface area contributed by atoms with E-state index in [0.717, 1.165) is 22.9 Å². The van der Waals surface area contributed by atoms with Crippen molar-refractivity contribution in [2.45, 2.75) is 11.7 Å². The fraction of sp³-hybridized carbons (Fsp3) is 0.118. The number of aromatic nitrogens is 3. The van der Waals surface area contributed by atoms with Gasteiger partial charge in [0, 0.05) is 11.3 Å². The molecule has 3 N–H and O–H groups in total. The molecule has 0 unspecified atom stereocenters. The average Bonchev–Trinajstić information content (AvgIpc) is 2.97. The first kappa shape index (κ1) is 16.1. The highest BCUT2D eigenvalue weighted by atomic mass is 32.2. The number of benzene rings is 2. The smallest absolute Gasteiger partial charge is 0.313 e. The average molecular weight is 340 g/mol. The molecule has 122 valence electrons. The number of thioether (sulfide) groups is 1. The number of nitrogens with two attached hydrogens (primary N) is 1. The summed E-state index contributed by atoms with van der Waals surface area (Å²) in [6.45, 7) is 0.565. The number of nitrogens with zero attached hydrogens (tertiary/aromatic N) is 3. The highest BCUT2D eigenvalue weighted by Crippen LogP contribution is 2.25. The number of carbonyl (C=O) groups is 1. The topological polar surface area (TPSA) is 94.0 Å². The zero-order valence-electron chi connectivity index (χ0n) is 12.8. The van der Waals surface area contributed by atoms with Crippen molar-refractivity contribution in [2.75, 3.05) is 11.5 Å². The summed E-state index contributed by atoms with van der Waals surface area (Å²) in [4.78, 5) is 10.9.